The minimum absolute atomic E-state index is 0.00913. The molecule has 1 saturated heterocycles. The molecule has 1 aromatic rings. The number of likely N-dealkylation sites (tertiary alicyclic amines) is 1. The Bertz CT molecular complexity index is 641. The van der Waals surface area contributed by atoms with Crippen LogP contribution < -0.4 is 5.32 Å². The monoisotopic (exact) mass is 342 g/mol. The maximum absolute atomic E-state index is 12.8. The van der Waals surface area contributed by atoms with Gasteiger partial charge in [-0.25, -0.2) is 0 Å². The number of alkyl halides is 3. The van der Waals surface area contributed by atoms with Crippen molar-refractivity contribution in [2.45, 2.75) is 39.4 Å². The molecule has 1 aliphatic heterocycles. The number of nitrogens with one attached hydrogen (secondary N) is 1. The molecule has 1 N–H and O–H groups in total. The van der Waals surface area contributed by atoms with E-state index in [0.29, 0.717) is 18.5 Å². The van der Waals surface area contributed by atoms with Crippen molar-refractivity contribution in [3.05, 3.63) is 34.9 Å². The van der Waals surface area contributed by atoms with Gasteiger partial charge in [0.05, 0.1) is 5.56 Å². The van der Waals surface area contributed by atoms with E-state index < -0.39 is 17.6 Å². The van der Waals surface area contributed by atoms with Crippen LogP contribution in [0.4, 0.5) is 13.2 Å². The lowest BCUT2D eigenvalue weighted by atomic mass is 10.0. The molecule has 7 heteroatoms. The van der Waals surface area contributed by atoms with E-state index in [4.69, 9.17) is 0 Å². The Kier molecular flexibility index (Phi) is 5.20. The average molecular weight is 342 g/mol. The van der Waals surface area contributed by atoms with Gasteiger partial charge in [0.2, 0.25) is 5.91 Å². The summed E-state index contributed by atoms with van der Waals surface area (Å²) in [7, 11) is 0. The highest BCUT2D eigenvalue weighted by molar-refractivity contribution is 5.95. The third-order valence-electron chi connectivity index (χ3n) is 4.22. The Hall–Kier alpha value is -2.05. The largest absolute Gasteiger partial charge is 0.416 e. The SMILES string of the molecule is Cc1ccc(C(F)(F)F)cc1C(=O)NC[C@@H]1CC(=O)N(C(C)C)C1. The third-order valence-corrected chi connectivity index (χ3v) is 4.22. The Balaban J connectivity index is 2.02. The minimum atomic E-state index is -4.49. The summed E-state index contributed by atoms with van der Waals surface area (Å²) >= 11 is 0. The van der Waals surface area contributed by atoms with Gasteiger partial charge in [0.1, 0.15) is 0 Å². The van der Waals surface area contributed by atoms with Gasteiger partial charge in [-0.3, -0.25) is 9.59 Å². The lowest BCUT2D eigenvalue weighted by molar-refractivity contribution is -0.137. The summed E-state index contributed by atoms with van der Waals surface area (Å²) in [5, 5.41) is 2.66. The number of rotatable bonds is 4. The van der Waals surface area contributed by atoms with Gasteiger partial charge in [-0.1, -0.05) is 6.07 Å². The number of carbonyl (C=O) groups excluding carboxylic acids is 2. The number of aryl methyl sites for hydroxylation is 1. The molecule has 1 aromatic carbocycles. The fourth-order valence-electron chi connectivity index (χ4n) is 2.82. The van der Waals surface area contributed by atoms with E-state index in [-0.39, 0.29) is 30.0 Å². The van der Waals surface area contributed by atoms with Crippen molar-refractivity contribution in [2.24, 2.45) is 5.92 Å². The summed E-state index contributed by atoms with van der Waals surface area (Å²) in [5.74, 6) is -0.525. The number of benzene rings is 1. The molecular weight excluding hydrogens is 321 g/mol. The Labute approximate surface area is 139 Å². The number of hydrogen-bond acceptors (Lipinski definition) is 2. The first-order chi connectivity index (χ1) is 11.1. The minimum Gasteiger partial charge on any atom is -0.352 e. The Morgan fingerprint density at radius 1 is 1.38 bits per heavy atom. The van der Waals surface area contributed by atoms with Crippen molar-refractivity contribution in [1.82, 2.24) is 10.2 Å². The summed E-state index contributed by atoms with van der Waals surface area (Å²) in [4.78, 5) is 25.8. The Morgan fingerprint density at radius 3 is 2.58 bits per heavy atom. The molecule has 1 atom stereocenters. The fourth-order valence-corrected chi connectivity index (χ4v) is 2.82. The molecule has 1 heterocycles. The van der Waals surface area contributed by atoms with Crippen molar-refractivity contribution in [3.8, 4) is 0 Å². The van der Waals surface area contributed by atoms with E-state index in [9.17, 15) is 22.8 Å². The zero-order chi connectivity index (χ0) is 18.1. The molecule has 2 amide bonds. The highest BCUT2D eigenvalue weighted by Gasteiger charge is 2.33. The zero-order valence-corrected chi connectivity index (χ0v) is 13.9. The maximum atomic E-state index is 12.8. The second-order valence-corrected chi connectivity index (χ2v) is 6.45. The number of amides is 2. The smallest absolute Gasteiger partial charge is 0.352 e. The van der Waals surface area contributed by atoms with Crippen LogP contribution in [0.15, 0.2) is 18.2 Å². The lowest BCUT2D eigenvalue weighted by Gasteiger charge is -2.21. The van der Waals surface area contributed by atoms with Crippen molar-refractivity contribution in [3.63, 3.8) is 0 Å². The average Bonchev–Trinajstić information content (AvgIpc) is 2.85. The van der Waals surface area contributed by atoms with Crippen LogP contribution in [0.25, 0.3) is 0 Å². The van der Waals surface area contributed by atoms with Gasteiger partial charge in [-0.15, -0.1) is 0 Å². The van der Waals surface area contributed by atoms with Crippen molar-refractivity contribution in [1.29, 1.82) is 0 Å². The van der Waals surface area contributed by atoms with Crippen LogP contribution in [0.5, 0.6) is 0 Å². The third kappa shape index (κ3) is 4.07. The van der Waals surface area contributed by atoms with Crippen LogP contribution in [-0.2, 0) is 11.0 Å². The van der Waals surface area contributed by atoms with Crippen LogP contribution in [0.3, 0.4) is 0 Å². The van der Waals surface area contributed by atoms with Crippen molar-refractivity contribution < 1.29 is 22.8 Å². The predicted octanol–water partition coefficient (Wildman–Crippen LogP) is 3.00. The molecule has 0 aliphatic carbocycles. The summed E-state index contributed by atoms with van der Waals surface area (Å²) < 4.78 is 38.3. The van der Waals surface area contributed by atoms with Crippen LogP contribution in [0.2, 0.25) is 0 Å². The molecule has 0 aromatic heterocycles. The molecule has 0 radical (unpaired) electrons. The molecule has 1 aliphatic rings. The van der Waals surface area contributed by atoms with E-state index in [1.807, 2.05) is 13.8 Å². The lowest BCUT2D eigenvalue weighted by Crippen LogP contribution is -2.34. The van der Waals surface area contributed by atoms with Gasteiger partial charge in [0.15, 0.2) is 0 Å². The number of hydrogen-bond donors (Lipinski definition) is 1. The highest BCUT2D eigenvalue weighted by Crippen LogP contribution is 2.30. The van der Waals surface area contributed by atoms with Gasteiger partial charge in [-0.05, 0) is 38.5 Å². The second-order valence-electron chi connectivity index (χ2n) is 6.45. The molecule has 132 valence electrons. The fraction of sp³-hybridized carbons (Fsp3) is 0.529. The molecule has 0 unspecified atom stereocenters. The van der Waals surface area contributed by atoms with Crippen LogP contribution in [-0.4, -0.2) is 35.8 Å². The van der Waals surface area contributed by atoms with E-state index >= 15 is 0 Å². The molecule has 24 heavy (non-hydrogen) atoms. The normalized spacial score (nSPS) is 18.4. The number of carbonyl (C=O) groups is 2. The van der Waals surface area contributed by atoms with Crippen LogP contribution in [0.1, 0.15) is 41.8 Å². The Morgan fingerprint density at radius 2 is 2.04 bits per heavy atom. The maximum Gasteiger partial charge on any atom is 0.416 e. The summed E-state index contributed by atoms with van der Waals surface area (Å²) in [6.45, 7) is 6.26. The summed E-state index contributed by atoms with van der Waals surface area (Å²) in [6.07, 6.45) is -4.14. The standard InChI is InChI=1S/C17H21F3N2O2/c1-10(2)22-9-12(6-15(22)23)8-21-16(24)14-7-13(17(18,19)20)5-4-11(14)3/h4-5,7,10,12H,6,8-9H2,1-3H3,(H,21,24)/t12-/m0/s1. The molecule has 2 rings (SSSR count). The zero-order valence-electron chi connectivity index (χ0n) is 13.9. The van der Waals surface area contributed by atoms with Crippen LogP contribution in [0, 0.1) is 12.8 Å². The van der Waals surface area contributed by atoms with Crippen molar-refractivity contribution >= 4 is 11.8 Å². The quantitative estimate of drug-likeness (QED) is 0.914. The molecule has 4 nitrogen and oxygen atoms in total. The van der Waals surface area contributed by atoms with Gasteiger partial charge >= 0.3 is 6.18 Å². The molecule has 0 bridgehead atoms. The molecule has 0 spiro atoms. The van der Waals surface area contributed by atoms with Crippen molar-refractivity contribution in [2.75, 3.05) is 13.1 Å². The van der Waals surface area contributed by atoms with E-state index in [1.165, 1.54) is 6.07 Å². The van der Waals surface area contributed by atoms with Gasteiger partial charge in [0.25, 0.3) is 5.91 Å². The molecule has 1 fully saturated rings. The van der Waals surface area contributed by atoms with E-state index in [2.05, 4.69) is 5.32 Å². The van der Waals surface area contributed by atoms with Gasteiger partial charge in [0, 0.05) is 37.0 Å². The number of halogens is 3. The molecule has 0 saturated carbocycles. The molecular formula is C17H21F3N2O2. The summed E-state index contributed by atoms with van der Waals surface area (Å²) in [5.41, 5.74) is -0.359. The second kappa shape index (κ2) is 6.83. The first kappa shape index (κ1) is 18.3. The number of nitrogens with zero attached hydrogens (tertiary/aromatic N) is 1. The summed E-state index contributed by atoms with van der Waals surface area (Å²) in [6, 6.07) is 3.22. The van der Waals surface area contributed by atoms with E-state index in [1.54, 1.807) is 11.8 Å². The predicted molar refractivity (Wildman–Crippen MR) is 83.5 cm³/mol. The van der Waals surface area contributed by atoms with Crippen LogP contribution >= 0.6 is 0 Å². The highest BCUT2D eigenvalue weighted by atomic mass is 19.4. The van der Waals surface area contributed by atoms with E-state index in [0.717, 1.165) is 12.1 Å². The van der Waals surface area contributed by atoms with Gasteiger partial charge in [-0.2, -0.15) is 13.2 Å². The first-order valence-corrected chi connectivity index (χ1v) is 7.85. The first-order valence-electron chi connectivity index (χ1n) is 7.85. The van der Waals surface area contributed by atoms with Gasteiger partial charge < -0.3 is 10.2 Å². The topological polar surface area (TPSA) is 49.4 Å².